The normalized spacial score (nSPS) is 35.2. The van der Waals surface area contributed by atoms with Gasteiger partial charge in [-0.05, 0) is 24.7 Å². The van der Waals surface area contributed by atoms with E-state index in [4.69, 9.17) is 10.9 Å². The third kappa shape index (κ3) is 1.77. The van der Waals surface area contributed by atoms with E-state index < -0.39 is 0 Å². The van der Waals surface area contributed by atoms with E-state index in [-0.39, 0.29) is 0 Å². The topological polar surface area (TPSA) is 61.8 Å². The molecule has 0 aromatic rings. The lowest BCUT2D eigenvalue weighted by Crippen LogP contribution is -2.32. The van der Waals surface area contributed by atoms with Crippen molar-refractivity contribution in [2.24, 2.45) is 22.7 Å². The van der Waals surface area contributed by atoms with Gasteiger partial charge in [0.25, 0.3) is 0 Å². The van der Waals surface area contributed by atoms with Gasteiger partial charge in [-0.2, -0.15) is 0 Å². The van der Waals surface area contributed by atoms with Crippen LogP contribution in [0.3, 0.4) is 0 Å². The second-order valence-corrected chi connectivity index (χ2v) is 4.24. The highest BCUT2D eigenvalue weighted by molar-refractivity contribution is 5.81. The average Bonchev–Trinajstić information content (AvgIpc) is 2.63. The predicted octanol–water partition coefficient (Wildman–Crippen LogP) is 0.465. The van der Waals surface area contributed by atoms with Gasteiger partial charge in [-0.25, -0.2) is 0 Å². The molecule has 0 aromatic carbocycles. The molecule has 0 bridgehead atoms. The van der Waals surface area contributed by atoms with Gasteiger partial charge >= 0.3 is 0 Å². The molecule has 74 valence electrons. The molecular weight excluding hydrogens is 166 g/mol. The van der Waals surface area contributed by atoms with E-state index in [9.17, 15) is 0 Å². The molecule has 2 rings (SSSR count). The largest absolute Gasteiger partial charge is 0.409 e. The molecule has 13 heavy (non-hydrogen) atoms. The number of rotatable bonds is 2. The Bertz CT molecular complexity index is 205. The van der Waals surface area contributed by atoms with Crippen LogP contribution in [0, 0.1) is 11.8 Å². The lowest BCUT2D eigenvalue weighted by atomic mass is 10.0. The Kier molecular flexibility index (Phi) is 2.40. The summed E-state index contributed by atoms with van der Waals surface area (Å²) >= 11 is 0. The number of amidine groups is 1. The van der Waals surface area contributed by atoms with Crippen LogP contribution in [-0.2, 0) is 0 Å². The molecule has 1 heterocycles. The molecule has 4 nitrogen and oxygen atoms in total. The summed E-state index contributed by atoms with van der Waals surface area (Å²) in [6.07, 6.45) is 4.14. The van der Waals surface area contributed by atoms with E-state index in [2.05, 4.69) is 10.1 Å². The first-order valence-corrected chi connectivity index (χ1v) is 4.98. The molecule has 4 heteroatoms. The van der Waals surface area contributed by atoms with Gasteiger partial charge in [0.2, 0.25) is 0 Å². The maximum atomic E-state index is 8.43. The van der Waals surface area contributed by atoms with Gasteiger partial charge < -0.3 is 10.9 Å². The zero-order valence-corrected chi connectivity index (χ0v) is 7.82. The van der Waals surface area contributed by atoms with E-state index >= 15 is 0 Å². The number of oxime groups is 1. The monoisotopic (exact) mass is 183 g/mol. The average molecular weight is 183 g/mol. The Labute approximate surface area is 78.4 Å². The lowest BCUT2D eigenvalue weighted by Gasteiger charge is -2.14. The SMILES string of the molecule is NC(CN1CC2CCCC2C1)=NO. The van der Waals surface area contributed by atoms with E-state index in [0.29, 0.717) is 12.4 Å². The number of likely N-dealkylation sites (tertiary alicyclic amines) is 1. The molecule has 0 amide bonds. The minimum Gasteiger partial charge on any atom is -0.409 e. The highest BCUT2D eigenvalue weighted by Crippen LogP contribution is 2.37. The summed E-state index contributed by atoms with van der Waals surface area (Å²) in [5.74, 6) is 2.10. The molecule has 0 spiro atoms. The van der Waals surface area contributed by atoms with Gasteiger partial charge in [-0.15, -0.1) is 0 Å². The summed E-state index contributed by atoms with van der Waals surface area (Å²) < 4.78 is 0. The number of fused-ring (bicyclic) bond motifs is 1. The molecule has 2 fully saturated rings. The van der Waals surface area contributed by atoms with Gasteiger partial charge in [0.1, 0.15) is 0 Å². The number of hydrogen-bond acceptors (Lipinski definition) is 3. The second-order valence-electron chi connectivity index (χ2n) is 4.24. The highest BCUT2D eigenvalue weighted by Gasteiger charge is 2.35. The van der Waals surface area contributed by atoms with Crippen LogP contribution in [0.25, 0.3) is 0 Å². The van der Waals surface area contributed by atoms with Crippen molar-refractivity contribution in [2.75, 3.05) is 19.6 Å². The van der Waals surface area contributed by atoms with Crippen molar-refractivity contribution in [1.82, 2.24) is 4.90 Å². The molecule has 0 aromatic heterocycles. The van der Waals surface area contributed by atoms with Gasteiger partial charge in [0, 0.05) is 13.1 Å². The van der Waals surface area contributed by atoms with Crippen molar-refractivity contribution in [3.8, 4) is 0 Å². The fourth-order valence-electron chi connectivity index (χ4n) is 2.72. The molecule has 1 saturated carbocycles. The van der Waals surface area contributed by atoms with Crippen LogP contribution in [0.15, 0.2) is 5.16 Å². The first-order valence-electron chi connectivity index (χ1n) is 4.98. The standard InChI is InChI=1S/C9H17N3O/c10-9(11-13)6-12-4-7-2-1-3-8(7)5-12/h7-8,13H,1-6H2,(H2,10,11). The fourth-order valence-corrected chi connectivity index (χ4v) is 2.72. The first kappa shape index (κ1) is 8.81. The zero-order valence-electron chi connectivity index (χ0n) is 7.82. The highest BCUT2D eigenvalue weighted by atomic mass is 16.4. The van der Waals surface area contributed by atoms with Crippen LogP contribution in [0.4, 0.5) is 0 Å². The van der Waals surface area contributed by atoms with Crippen LogP contribution >= 0.6 is 0 Å². The van der Waals surface area contributed by atoms with E-state index in [1.165, 1.54) is 19.3 Å². The molecule has 1 saturated heterocycles. The van der Waals surface area contributed by atoms with Gasteiger partial charge in [-0.3, -0.25) is 4.90 Å². The molecule has 3 N–H and O–H groups in total. The van der Waals surface area contributed by atoms with Crippen LogP contribution in [0.5, 0.6) is 0 Å². The Hall–Kier alpha value is -0.770. The summed E-state index contributed by atoms with van der Waals surface area (Å²) in [6.45, 7) is 2.91. The third-order valence-electron chi connectivity index (χ3n) is 3.32. The van der Waals surface area contributed by atoms with Crippen LogP contribution in [-0.4, -0.2) is 35.6 Å². The Morgan fingerprint density at radius 3 is 2.54 bits per heavy atom. The fraction of sp³-hybridized carbons (Fsp3) is 0.889. The van der Waals surface area contributed by atoms with Gasteiger partial charge in [-0.1, -0.05) is 11.6 Å². The van der Waals surface area contributed by atoms with Crippen LogP contribution in [0.2, 0.25) is 0 Å². The molecule has 2 atom stereocenters. The van der Waals surface area contributed by atoms with Crippen molar-refractivity contribution >= 4 is 5.84 Å². The summed E-state index contributed by atoms with van der Waals surface area (Å²) in [5.41, 5.74) is 5.46. The van der Waals surface area contributed by atoms with Crippen LogP contribution < -0.4 is 5.73 Å². The summed E-state index contributed by atoms with van der Waals surface area (Å²) in [7, 11) is 0. The second kappa shape index (κ2) is 3.54. The first-order chi connectivity index (χ1) is 6.29. The van der Waals surface area contributed by atoms with E-state index in [1.54, 1.807) is 0 Å². The predicted molar refractivity (Wildman–Crippen MR) is 50.7 cm³/mol. The van der Waals surface area contributed by atoms with Crippen molar-refractivity contribution < 1.29 is 5.21 Å². The Morgan fingerprint density at radius 2 is 2.00 bits per heavy atom. The smallest absolute Gasteiger partial charge is 0.153 e. The maximum Gasteiger partial charge on any atom is 0.153 e. The minimum atomic E-state index is 0.333. The molecule has 2 unspecified atom stereocenters. The third-order valence-corrected chi connectivity index (χ3v) is 3.32. The van der Waals surface area contributed by atoms with Crippen molar-refractivity contribution in [3.63, 3.8) is 0 Å². The van der Waals surface area contributed by atoms with Crippen LogP contribution in [0.1, 0.15) is 19.3 Å². The number of hydrogen-bond donors (Lipinski definition) is 2. The Balaban J connectivity index is 1.85. The van der Waals surface area contributed by atoms with Gasteiger partial charge in [0.05, 0.1) is 6.54 Å². The van der Waals surface area contributed by atoms with Gasteiger partial charge in [0.15, 0.2) is 5.84 Å². The van der Waals surface area contributed by atoms with E-state index in [1.807, 2.05) is 0 Å². The molecule has 1 aliphatic carbocycles. The van der Waals surface area contributed by atoms with Crippen molar-refractivity contribution in [3.05, 3.63) is 0 Å². The number of nitrogens with two attached hydrogens (primary N) is 1. The number of nitrogens with zero attached hydrogens (tertiary/aromatic N) is 2. The minimum absolute atomic E-state index is 0.333. The maximum absolute atomic E-state index is 8.43. The summed E-state index contributed by atoms with van der Waals surface area (Å²) in [6, 6.07) is 0. The quantitative estimate of drug-likeness (QED) is 0.283. The lowest BCUT2D eigenvalue weighted by molar-refractivity contribution is 0.305. The zero-order chi connectivity index (χ0) is 9.26. The van der Waals surface area contributed by atoms with Crippen molar-refractivity contribution in [2.45, 2.75) is 19.3 Å². The van der Waals surface area contributed by atoms with E-state index in [0.717, 1.165) is 24.9 Å². The Morgan fingerprint density at radius 1 is 1.38 bits per heavy atom. The summed E-state index contributed by atoms with van der Waals surface area (Å²) in [4.78, 5) is 2.30. The van der Waals surface area contributed by atoms with Crippen molar-refractivity contribution in [1.29, 1.82) is 0 Å². The molecular formula is C9H17N3O. The molecule has 1 aliphatic heterocycles. The molecule has 0 radical (unpaired) electrons. The molecule has 2 aliphatic rings. The summed E-state index contributed by atoms with van der Waals surface area (Å²) in [5, 5.41) is 11.4.